The Morgan fingerprint density at radius 2 is 1.80 bits per heavy atom. The molecular weight excluding hydrogens is 260 g/mol. The summed E-state index contributed by atoms with van der Waals surface area (Å²) in [5.41, 5.74) is -0.0381. The lowest BCUT2D eigenvalue weighted by atomic mass is 9.87. The zero-order valence-corrected chi connectivity index (χ0v) is 13.2. The van der Waals surface area contributed by atoms with Crippen molar-refractivity contribution in [2.45, 2.75) is 39.8 Å². The number of carboxylic acid groups (broad SMARTS) is 1. The van der Waals surface area contributed by atoms with Gasteiger partial charge in [0.25, 0.3) is 0 Å². The first-order valence-electron chi connectivity index (χ1n) is 6.87. The summed E-state index contributed by atoms with van der Waals surface area (Å²) >= 11 is 0. The normalized spacial score (nSPS) is 24.3. The second-order valence-electron chi connectivity index (χ2n) is 6.60. The van der Waals surface area contributed by atoms with Crippen molar-refractivity contribution in [3.63, 3.8) is 0 Å². The van der Waals surface area contributed by atoms with E-state index < -0.39 is 17.9 Å². The third-order valence-corrected chi connectivity index (χ3v) is 4.30. The van der Waals surface area contributed by atoms with E-state index >= 15 is 0 Å². The summed E-state index contributed by atoms with van der Waals surface area (Å²) in [5.74, 6) is -1.57. The van der Waals surface area contributed by atoms with E-state index in [4.69, 9.17) is 9.84 Å². The third kappa shape index (κ3) is 3.42. The highest BCUT2D eigenvalue weighted by molar-refractivity contribution is 5.77. The summed E-state index contributed by atoms with van der Waals surface area (Å²) in [4.78, 5) is 26.8. The van der Waals surface area contributed by atoms with Crippen LogP contribution in [0.4, 0.5) is 4.79 Å². The second-order valence-corrected chi connectivity index (χ2v) is 6.60. The molecule has 0 spiro atoms. The average molecular weight is 286 g/mol. The maximum atomic E-state index is 12.5. The van der Waals surface area contributed by atoms with Gasteiger partial charge in [0, 0.05) is 20.1 Å². The molecule has 1 fully saturated rings. The monoisotopic (exact) mass is 286 g/mol. The van der Waals surface area contributed by atoms with Crippen LogP contribution in [0.15, 0.2) is 0 Å². The number of carbonyl (C=O) groups is 2. The lowest BCUT2D eigenvalue weighted by Gasteiger charge is -2.39. The van der Waals surface area contributed by atoms with Crippen LogP contribution in [0, 0.1) is 11.3 Å². The highest BCUT2D eigenvalue weighted by Gasteiger charge is 2.40. The van der Waals surface area contributed by atoms with Gasteiger partial charge in [0.15, 0.2) is 0 Å². The van der Waals surface area contributed by atoms with Gasteiger partial charge in [-0.25, -0.2) is 4.79 Å². The summed E-state index contributed by atoms with van der Waals surface area (Å²) in [6, 6.07) is -0.535. The maximum Gasteiger partial charge on any atom is 0.320 e. The molecule has 6 heteroatoms. The van der Waals surface area contributed by atoms with E-state index in [0.29, 0.717) is 0 Å². The Morgan fingerprint density at radius 1 is 1.25 bits per heavy atom. The first-order valence-corrected chi connectivity index (χ1v) is 6.87. The molecule has 1 heterocycles. The lowest BCUT2D eigenvalue weighted by molar-refractivity contribution is -0.142. The quantitative estimate of drug-likeness (QED) is 0.853. The van der Waals surface area contributed by atoms with E-state index in [1.807, 2.05) is 6.92 Å². The minimum atomic E-state index is -0.918. The molecule has 0 aliphatic carbocycles. The largest absolute Gasteiger partial charge is 0.481 e. The van der Waals surface area contributed by atoms with Gasteiger partial charge >= 0.3 is 12.0 Å². The van der Waals surface area contributed by atoms with Crippen LogP contribution in [0.2, 0.25) is 0 Å². The maximum absolute atomic E-state index is 12.5. The molecule has 0 bridgehead atoms. The highest BCUT2D eigenvalue weighted by Crippen LogP contribution is 2.25. The van der Waals surface area contributed by atoms with Gasteiger partial charge in [-0.15, -0.1) is 0 Å². The van der Waals surface area contributed by atoms with Crippen molar-refractivity contribution >= 4 is 12.0 Å². The Morgan fingerprint density at radius 3 is 2.25 bits per heavy atom. The molecule has 0 aromatic rings. The fourth-order valence-electron chi connectivity index (χ4n) is 2.30. The third-order valence-electron chi connectivity index (χ3n) is 4.30. The number of ether oxygens (including phenoxy) is 1. The molecule has 3 atom stereocenters. The van der Waals surface area contributed by atoms with Crippen molar-refractivity contribution in [2.24, 2.45) is 11.3 Å². The van der Waals surface area contributed by atoms with Crippen molar-refractivity contribution in [3.8, 4) is 0 Å². The molecule has 0 aromatic carbocycles. The molecule has 1 rings (SSSR count). The minimum absolute atomic E-state index is 0.0381. The summed E-state index contributed by atoms with van der Waals surface area (Å²) in [7, 11) is 3.39. The lowest BCUT2D eigenvalue weighted by Crippen LogP contribution is -2.53. The van der Waals surface area contributed by atoms with Crippen LogP contribution in [0.1, 0.15) is 27.7 Å². The van der Waals surface area contributed by atoms with Crippen LogP contribution < -0.4 is 0 Å². The number of hydrogen-bond donors (Lipinski definition) is 1. The van der Waals surface area contributed by atoms with Crippen molar-refractivity contribution < 1.29 is 19.4 Å². The van der Waals surface area contributed by atoms with Crippen LogP contribution in [0.25, 0.3) is 0 Å². The Bertz CT molecular complexity index is 378. The van der Waals surface area contributed by atoms with Crippen molar-refractivity contribution in [1.29, 1.82) is 0 Å². The predicted molar refractivity (Wildman–Crippen MR) is 75.6 cm³/mol. The molecule has 2 amide bonds. The van der Waals surface area contributed by atoms with E-state index in [0.717, 1.165) is 0 Å². The van der Waals surface area contributed by atoms with Gasteiger partial charge in [-0.1, -0.05) is 20.8 Å². The fourth-order valence-corrected chi connectivity index (χ4v) is 2.30. The van der Waals surface area contributed by atoms with E-state index in [2.05, 4.69) is 20.8 Å². The SMILES string of the molecule is CC(N(C)C(=O)N(C)C1COCC1C(=O)O)C(C)(C)C. The number of nitrogens with zero attached hydrogens (tertiary/aromatic N) is 2. The standard InChI is InChI=1S/C14H26N2O4/c1-9(14(2,3)4)15(5)13(19)16(6)11-8-20-7-10(11)12(17)18/h9-11H,7-8H2,1-6H3,(H,17,18). The van der Waals surface area contributed by atoms with Crippen LogP contribution in [-0.2, 0) is 9.53 Å². The van der Waals surface area contributed by atoms with Crippen molar-refractivity contribution in [1.82, 2.24) is 9.80 Å². The number of carbonyl (C=O) groups excluding carboxylic acids is 1. The van der Waals surface area contributed by atoms with Gasteiger partial charge < -0.3 is 19.6 Å². The molecule has 1 aliphatic rings. The molecule has 1 saturated heterocycles. The topological polar surface area (TPSA) is 70.1 Å². The van der Waals surface area contributed by atoms with Gasteiger partial charge in [-0.3, -0.25) is 4.79 Å². The fraction of sp³-hybridized carbons (Fsp3) is 0.857. The van der Waals surface area contributed by atoms with Gasteiger partial charge in [0.05, 0.1) is 19.3 Å². The smallest absolute Gasteiger partial charge is 0.320 e. The molecule has 1 N–H and O–H groups in total. The summed E-state index contributed by atoms with van der Waals surface area (Å²) in [5, 5.41) is 9.16. The average Bonchev–Trinajstić information content (AvgIpc) is 2.83. The Hall–Kier alpha value is -1.30. The molecule has 0 aromatic heterocycles. The first-order chi connectivity index (χ1) is 9.07. The number of aliphatic carboxylic acids is 1. The molecular formula is C14H26N2O4. The molecule has 6 nitrogen and oxygen atoms in total. The Kier molecular flexibility index (Phi) is 5.02. The number of carboxylic acids is 1. The molecule has 1 aliphatic heterocycles. The van der Waals surface area contributed by atoms with Gasteiger partial charge in [0.1, 0.15) is 5.92 Å². The van der Waals surface area contributed by atoms with Crippen LogP contribution >= 0.6 is 0 Å². The zero-order valence-electron chi connectivity index (χ0n) is 13.2. The number of likely N-dealkylation sites (N-methyl/N-ethyl adjacent to an activating group) is 1. The number of amides is 2. The van der Waals surface area contributed by atoms with Gasteiger partial charge in [-0.05, 0) is 12.3 Å². The van der Waals surface area contributed by atoms with Crippen LogP contribution in [0.5, 0.6) is 0 Å². The summed E-state index contributed by atoms with van der Waals surface area (Å²) in [6.07, 6.45) is 0. The van der Waals surface area contributed by atoms with Crippen LogP contribution in [-0.4, -0.2) is 66.3 Å². The second kappa shape index (κ2) is 5.99. The number of urea groups is 1. The highest BCUT2D eigenvalue weighted by atomic mass is 16.5. The van der Waals surface area contributed by atoms with Gasteiger partial charge in [0.2, 0.25) is 0 Å². The van der Waals surface area contributed by atoms with E-state index in [1.54, 1.807) is 19.0 Å². The van der Waals surface area contributed by atoms with Crippen molar-refractivity contribution in [2.75, 3.05) is 27.3 Å². The zero-order chi connectivity index (χ0) is 15.7. The van der Waals surface area contributed by atoms with Crippen LogP contribution in [0.3, 0.4) is 0 Å². The molecule has 20 heavy (non-hydrogen) atoms. The molecule has 3 unspecified atom stereocenters. The number of hydrogen-bond acceptors (Lipinski definition) is 3. The molecule has 0 saturated carbocycles. The molecule has 116 valence electrons. The van der Waals surface area contributed by atoms with Crippen molar-refractivity contribution in [3.05, 3.63) is 0 Å². The summed E-state index contributed by atoms with van der Waals surface area (Å²) in [6.45, 7) is 8.64. The number of rotatable bonds is 3. The predicted octanol–water partition coefficient (Wildman–Crippen LogP) is 1.50. The Balaban J connectivity index is 2.79. The summed E-state index contributed by atoms with van der Waals surface area (Å²) < 4.78 is 5.22. The van der Waals surface area contributed by atoms with E-state index in [1.165, 1.54) is 4.90 Å². The minimum Gasteiger partial charge on any atom is -0.481 e. The molecule has 0 radical (unpaired) electrons. The Labute approximate surface area is 120 Å². The van der Waals surface area contributed by atoms with E-state index in [9.17, 15) is 9.59 Å². The first kappa shape index (κ1) is 16.8. The van der Waals surface area contributed by atoms with E-state index in [-0.39, 0.29) is 30.7 Å². The van der Waals surface area contributed by atoms with Gasteiger partial charge in [-0.2, -0.15) is 0 Å².